The molecule has 202 valence electrons. The topological polar surface area (TPSA) is 111 Å². The molecular weight excluding hydrogens is 511 g/mol. The Labute approximate surface area is 214 Å². The van der Waals surface area contributed by atoms with Gasteiger partial charge in [0.2, 0.25) is 15.9 Å². The van der Waals surface area contributed by atoms with Gasteiger partial charge in [0, 0.05) is 26.3 Å². The van der Waals surface area contributed by atoms with E-state index in [1.165, 1.54) is 24.3 Å². The van der Waals surface area contributed by atoms with Crippen molar-refractivity contribution in [1.29, 1.82) is 0 Å². The van der Waals surface area contributed by atoms with Crippen LogP contribution in [-0.2, 0) is 25.7 Å². The van der Waals surface area contributed by atoms with Crippen molar-refractivity contribution in [2.45, 2.75) is 54.9 Å². The Morgan fingerprint density at radius 2 is 1.86 bits per heavy atom. The number of likely N-dealkylation sites (tertiary alicyclic amines) is 1. The Kier molecular flexibility index (Phi) is 7.84. The van der Waals surface area contributed by atoms with Gasteiger partial charge in [-0.1, -0.05) is 18.2 Å². The molecule has 0 bridgehead atoms. The van der Waals surface area contributed by atoms with Crippen molar-refractivity contribution < 1.29 is 35.9 Å². The summed E-state index contributed by atoms with van der Waals surface area (Å²) in [5.74, 6) is -0.0396. The number of nitrogens with two attached hydrogens (primary N) is 1. The van der Waals surface area contributed by atoms with Crippen LogP contribution in [-0.4, -0.2) is 57.2 Å². The molecule has 0 saturated carbocycles. The molecule has 2 aromatic rings. The van der Waals surface area contributed by atoms with Gasteiger partial charge in [-0.05, 0) is 62.1 Å². The van der Waals surface area contributed by atoms with Gasteiger partial charge in [0.1, 0.15) is 17.4 Å². The first kappa shape index (κ1) is 27.4. The molecule has 4 rings (SSSR count). The van der Waals surface area contributed by atoms with Crippen LogP contribution in [0.15, 0.2) is 53.4 Å². The van der Waals surface area contributed by atoms with E-state index in [0.717, 1.165) is 17.7 Å². The number of carbonyl (C=O) groups is 1. The number of halogens is 3. The number of sulfonamides is 1. The zero-order valence-corrected chi connectivity index (χ0v) is 21.1. The number of benzene rings is 2. The van der Waals surface area contributed by atoms with Gasteiger partial charge in [-0.25, -0.2) is 13.6 Å². The molecule has 12 heteroatoms. The number of nitrogens with zero attached hydrogens (tertiary/aromatic N) is 1. The Bertz CT molecular complexity index is 1210. The second-order valence-electron chi connectivity index (χ2n) is 9.45. The molecule has 2 heterocycles. The molecule has 2 atom stereocenters. The fraction of sp³-hybridized carbons (Fsp3) is 0.480. The fourth-order valence-electron chi connectivity index (χ4n) is 4.91. The number of ether oxygens (including phenoxy) is 2. The highest BCUT2D eigenvalue weighted by atomic mass is 32.2. The average Bonchev–Trinajstić information content (AvgIpc) is 3.32. The molecule has 37 heavy (non-hydrogen) atoms. The van der Waals surface area contributed by atoms with E-state index in [0.29, 0.717) is 45.6 Å². The van der Waals surface area contributed by atoms with Crippen molar-refractivity contribution in [3.63, 3.8) is 0 Å². The lowest BCUT2D eigenvalue weighted by Gasteiger charge is -2.43. The summed E-state index contributed by atoms with van der Waals surface area (Å²) in [6.07, 6.45) is -3.32. The zero-order chi connectivity index (χ0) is 26.8. The summed E-state index contributed by atoms with van der Waals surface area (Å²) in [5.41, 5.74) is -0.903. The van der Waals surface area contributed by atoms with E-state index in [1.54, 1.807) is 19.1 Å². The fourth-order valence-corrected chi connectivity index (χ4v) is 5.42. The van der Waals surface area contributed by atoms with Crippen LogP contribution >= 0.6 is 0 Å². The van der Waals surface area contributed by atoms with Gasteiger partial charge in [0.15, 0.2) is 0 Å². The maximum atomic E-state index is 13.6. The molecule has 2 aliphatic rings. The summed E-state index contributed by atoms with van der Waals surface area (Å²) in [4.78, 5) is 15.7. The third-order valence-electron chi connectivity index (χ3n) is 7.01. The van der Waals surface area contributed by atoms with Gasteiger partial charge in [-0.2, -0.15) is 13.2 Å². The maximum absolute atomic E-state index is 13.6. The molecule has 2 aromatic carbocycles. The Hall–Kier alpha value is -2.67. The quantitative estimate of drug-likeness (QED) is 0.557. The van der Waals surface area contributed by atoms with Gasteiger partial charge >= 0.3 is 6.18 Å². The van der Waals surface area contributed by atoms with Crippen molar-refractivity contribution >= 4 is 15.9 Å². The van der Waals surface area contributed by atoms with Crippen LogP contribution in [0.3, 0.4) is 0 Å². The zero-order valence-electron chi connectivity index (χ0n) is 20.3. The number of hydrogen-bond donors (Lipinski definition) is 2. The number of rotatable bonds is 7. The van der Waals surface area contributed by atoms with Crippen LogP contribution in [0.2, 0.25) is 0 Å². The number of alkyl halides is 3. The van der Waals surface area contributed by atoms with E-state index >= 15 is 0 Å². The minimum Gasteiger partial charge on any atom is -0.489 e. The highest BCUT2D eigenvalue weighted by Gasteiger charge is 2.48. The monoisotopic (exact) mass is 541 g/mol. The number of carbonyl (C=O) groups excluding carboxylic acids is 1. The first-order valence-corrected chi connectivity index (χ1v) is 13.5. The molecule has 3 N–H and O–H groups in total. The molecular formula is C25H30F3N3O5S. The number of nitrogens with one attached hydrogen (secondary N) is 1. The standard InChI is InChI=1S/C25H30F3N3O5S/c1-17(18-5-7-22(8-6-18)37(29,33)34)30-23(32)24(10-13-35-14-11-24)31-12-9-21(16-31)36-20-4-2-3-19(15-20)25(26,27)28/h2-8,15,17,21H,9-14,16H2,1H3,(H,30,32)(H2,29,33,34)/t17?,21-/m1/s1. The summed E-state index contributed by atoms with van der Waals surface area (Å²) in [6, 6.07) is 10.4. The van der Waals surface area contributed by atoms with Gasteiger partial charge in [-0.15, -0.1) is 0 Å². The molecule has 0 aliphatic carbocycles. The predicted octanol–water partition coefficient (Wildman–Crippen LogP) is 3.23. The highest BCUT2D eigenvalue weighted by Crippen LogP contribution is 2.35. The SMILES string of the molecule is CC(NC(=O)C1(N2CC[C@@H](Oc3cccc(C(F)(F)F)c3)C2)CCOCC1)c1ccc(S(N)(=O)=O)cc1. The lowest BCUT2D eigenvalue weighted by Crippen LogP contribution is -2.61. The Balaban J connectivity index is 1.45. The minimum atomic E-state index is -4.46. The molecule has 2 fully saturated rings. The normalized spacial score (nSPS) is 21.4. The summed E-state index contributed by atoms with van der Waals surface area (Å²) in [7, 11) is -3.82. The van der Waals surface area contributed by atoms with Crippen molar-refractivity contribution in [3.05, 3.63) is 59.7 Å². The third kappa shape index (κ3) is 6.25. The van der Waals surface area contributed by atoms with E-state index in [-0.39, 0.29) is 22.7 Å². The Morgan fingerprint density at radius 3 is 2.49 bits per heavy atom. The lowest BCUT2D eigenvalue weighted by molar-refractivity contribution is -0.141. The van der Waals surface area contributed by atoms with E-state index in [1.807, 2.05) is 4.90 Å². The van der Waals surface area contributed by atoms with Crippen LogP contribution in [0.5, 0.6) is 5.75 Å². The summed E-state index contributed by atoms with van der Waals surface area (Å²) < 4.78 is 73.7. The van der Waals surface area contributed by atoms with E-state index in [4.69, 9.17) is 14.6 Å². The van der Waals surface area contributed by atoms with E-state index in [9.17, 15) is 26.4 Å². The van der Waals surface area contributed by atoms with Crippen molar-refractivity contribution in [2.24, 2.45) is 5.14 Å². The summed E-state index contributed by atoms with van der Waals surface area (Å²) in [6.45, 7) is 3.55. The van der Waals surface area contributed by atoms with Gasteiger partial charge in [-0.3, -0.25) is 9.69 Å². The van der Waals surface area contributed by atoms with Crippen LogP contribution < -0.4 is 15.2 Å². The molecule has 1 amide bonds. The van der Waals surface area contributed by atoms with Gasteiger partial charge < -0.3 is 14.8 Å². The lowest BCUT2D eigenvalue weighted by atomic mass is 9.86. The summed E-state index contributed by atoms with van der Waals surface area (Å²) >= 11 is 0. The maximum Gasteiger partial charge on any atom is 0.416 e. The molecule has 1 unspecified atom stereocenters. The summed E-state index contributed by atoms with van der Waals surface area (Å²) in [5, 5.41) is 8.21. The van der Waals surface area contributed by atoms with Crippen molar-refractivity contribution in [2.75, 3.05) is 26.3 Å². The predicted molar refractivity (Wildman–Crippen MR) is 129 cm³/mol. The molecule has 2 saturated heterocycles. The molecule has 0 radical (unpaired) electrons. The highest BCUT2D eigenvalue weighted by molar-refractivity contribution is 7.89. The number of hydrogen-bond acceptors (Lipinski definition) is 6. The second kappa shape index (κ2) is 10.6. The molecule has 8 nitrogen and oxygen atoms in total. The van der Waals surface area contributed by atoms with E-state index in [2.05, 4.69) is 5.32 Å². The third-order valence-corrected chi connectivity index (χ3v) is 7.94. The van der Waals surface area contributed by atoms with E-state index < -0.39 is 33.3 Å². The van der Waals surface area contributed by atoms with Crippen LogP contribution in [0.25, 0.3) is 0 Å². The number of primary sulfonamides is 1. The van der Waals surface area contributed by atoms with Crippen LogP contribution in [0, 0.1) is 0 Å². The van der Waals surface area contributed by atoms with Gasteiger partial charge in [0.25, 0.3) is 0 Å². The smallest absolute Gasteiger partial charge is 0.416 e. The first-order chi connectivity index (χ1) is 17.4. The van der Waals surface area contributed by atoms with Gasteiger partial charge in [0.05, 0.1) is 16.5 Å². The van der Waals surface area contributed by atoms with Crippen molar-refractivity contribution in [1.82, 2.24) is 10.2 Å². The average molecular weight is 542 g/mol. The molecule has 2 aliphatic heterocycles. The first-order valence-electron chi connectivity index (χ1n) is 12.0. The number of amides is 1. The van der Waals surface area contributed by atoms with Crippen LogP contribution in [0.4, 0.5) is 13.2 Å². The molecule has 0 spiro atoms. The Morgan fingerprint density at radius 1 is 1.19 bits per heavy atom. The minimum absolute atomic E-state index is 0.0143. The second-order valence-corrected chi connectivity index (χ2v) is 11.0. The van der Waals surface area contributed by atoms with Crippen LogP contribution in [0.1, 0.15) is 43.4 Å². The largest absolute Gasteiger partial charge is 0.489 e. The van der Waals surface area contributed by atoms with Crippen molar-refractivity contribution in [3.8, 4) is 5.75 Å². The molecule has 0 aromatic heterocycles.